The van der Waals surface area contributed by atoms with Gasteiger partial charge in [0.25, 0.3) is 5.91 Å². The number of para-hydroxylation sites is 1. The van der Waals surface area contributed by atoms with Gasteiger partial charge in [-0.3, -0.25) is 9.36 Å². The first kappa shape index (κ1) is 18.3. The Kier molecular flexibility index (Phi) is 4.77. The van der Waals surface area contributed by atoms with Crippen LogP contribution in [0.1, 0.15) is 36.0 Å². The first-order valence-corrected chi connectivity index (χ1v) is 10.3. The van der Waals surface area contributed by atoms with Crippen molar-refractivity contribution in [3.63, 3.8) is 0 Å². The van der Waals surface area contributed by atoms with Gasteiger partial charge in [0.05, 0.1) is 17.2 Å². The summed E-state index contributed by atoms with van der Waals surface area (Å²) in [7, 11) is 0. The summed E-state index contributed by atoms with van der Waals surface area (Å²) in [6, 6.07) is 11.8. The normalized spacial score (nSPS) is 21.3. The van der Waals surface area contributed by atoms with Crippen molar-refractivity contribution in [2.45, 2.75) is 37.3 Å². The molecule has 1 atom stereocenters. The Labute approximate surface area is 169 Å². The van der Waals surface area contributed by atoms with Crippen LogP contribution in [-0.4, -0.2) is 51.8 Å². The molecule has 4 heterocycles. The largest absolute Gasteiger partial charge is 0.373 e. The molecule has 2 saturated heterocycles. The Morgan fingerprint density at radius 1 is 1.21 bits per heavy atom. The number of ether oxygens (including phenoxy) is 1. The molecule has 7 nitrogen and oxygen atoms in total. The number of pyridine rings is 1. The zero-order valence-corrected chi connectivity index (χ0v) is 16.3. The summed E-state index contributed by atoms with van der Waals surface area (Å²) >= 11 is 0. The third kappa shape index (κ3) is 3.41. The highest BCUT2D eigenvalue weighted by Gasteiger charge is 2.43. The predicted octanol–water partition coefficient (Wildman–Crippen LogP) is 2.45. The van der Waals surface area contributed by atoms with Gasteiger partial charge in [0.15, 0.2) is 5.65 Å². The number of carbonyl (C=O) groups excluding carboxylic acids is 1. The van der Waals surface area contributed by atoms with E-state index in [0.29, 0.717) is 11.1 Å². The first-order valence-electron chi connectivity index (χ1n) is 10.3. The van der Waals surface area contributed by atoms with Crippen molar-refractivity contribution >= 4 is 17.1 Å². The highest BCUT2D eigenvalue weighted by molar-refractivity contribution is 5.96. The highest BCUT2D eigenvalue weighted by Crippen LogP contribution is 2.33. The lowest BCUT2D eigenvalue weighted by Gasteiger charge is -2.46. The fourth-order valence-corrected chi connectivity index (χ4v) is 4.52. The summed E-state index contributed by atoms with van der Waals surface area (Å²) < 4.78 is 8.12. The quantitative estimate of drug-likeness (QED) is 0.717. The fraction of sp³-hybridized carbons (Fsp3) is 0.409. The molecule has 2 aliphatic rings. The summed E-state index contributed by atoms with van der Waals surface area (Å²) in [6.45, 7) is 2.63. The van der Waals surface area contributed by atoms with Crippen molar-refractivity contribution in [3.8, 4) is 5.69 Å². The number of rotatable bonds is 3. The van der Waals surface area contributed by atoms with Crippen molar-refractivity contribution in [3.05, 3.63) is 54.5 Å². The van der Waals surface area contributed by atoms with E-state index in [1.165, 1.54) is 0 Å². The average Bonchev–Trinajstić information content (AvgIpc) is 3.20. The fourth-order valence-electron chi connectivity index (χ4n) is 4.52. The maximum absolute atomic E-state index is 13.0. The molecule has 2 N–H and O–H groups in total. The van der Waals surface area contributed by atoms with Crippen LogP contribution in [0.2, 0.25) is 0 Å². The zero-order chi connectivity index (χ0) is 19.7. The summed E-state index contributed by atoms with van der Waals surface area (Å²) in [5.74, 6) is -0.109. The molecule has 0 saturated carbocycles. The van der Waals surface area contributed by atoms with Gasteiger partial charge in [0, 0.05) is 18.5 Å². The van der Waals surface area contributed by atoms with Crippen molar-refractivity contribution in [1.29, 1.82) is 0 Å². The zero-order valence-electron chi connectivity index (χ0n) is 16.3. The smallest absolute Gasteiger partial charge is 0.253 e. The van der Waals surface area contributed by atoms with E-state index < -0.39 is 0 Å². The summed E-state index contributed by atoms with van der Waals surface area (Å²) in [5.41, 5.74) is 2.73. The van der Waals surface area contributed by atoms with E-state index in [4.69, 9.17) is 4.74 Å². The van der Waals surface area contributed by atoms with E-state index in [0.717, 1.165) is 56.7 Å². The number of imidazole rings is 1. The Bertz CT molecular complexity index is 1000. The predicted molar refractivity (Wildman–Crippen MR) is 110 cm³/mol. The van der Waals surface area contributed by atoms with E-state index in [2.05, 4.69) is 20.6 Å². The molecule has 2 fully saturated rings. The number of carbonyl (C=O) groups is 1. The van der Waals surface area contributed by atoms with Gasteiger partial charge in [0.1, 0.15) is 11.8 Å². The molecule has 1 spiro atoms. The van der Waals surface area contributed by atoms with E-state index in [1.807, 2.05) is 41.0 Å². The molecule has 0 radical (unpaired) electrons. The number of hydrogen-bond acceptors (Lipinski definition) is 5. The lowest BCUT2D eigenvalue weighted by Crippen LogP contribution is -2.60. The van der Waals surface area contributed by atoms with Crippen LogP contribution in [0.4, 0.5) is 0 Å². The van der Waals surface area contributed by atoms with Gasteiger partial charge in [-0.25, -0.2) is 9.97 Å². The van der Waals surface area contributed by atoms with E-state index in [9.17, 15) is 4.79 Å². The second kappa shape index (κ2) is 7.57. The average molecular weight is 391 g/mol. The number of amides is 1. The minimum atomic E-state index is -0.244. The molecule has 1 unspecified atom stereocenters. The number of fused-ring (bicyclic) bond motifs is 1. The van der Waals surface area contributed by atoms with Gasteiger partial charge in [0.2, 0.25) is 0 Å². The number of benzene rings is 1. The number of piperidine rings is 1. The maximum Gasteiger partial charge on any atom is 0.253 e. The van der Waals surface area contributed by atoms with Crippen molar-refractivity contribution in [2.24, 2.45) is 0 Å². The van der Waals surface area contributed by atoms with Crippen LogP contribution < -0.4 is 10.6 Å². The van der Waals surface area contributed by atoms with Crippen molar-refractivity contribution < 1.29 is 9.53 Å². The minimum Gasteiger partial charge on any atom is -0.373 e. The third-order valence-electron chi connectivity index (χ3n) is 6.10. The molecule has 150 valence electrons. The first-order chi connectivity index (χ1) is 14.3. The molecular weight excluding hydrogens is 366 g/mol. The Hall–Kier alpha value is -2.77. The van der Waals surface area contributed by atoms with Gasteiger partial charge in [-0.2, -0.15) is 0 Å². The van der Waals surface area contributed by atoms with Crippen LogP contribution in [-0.2, 0) is 4.74 Å². The van der Waals surface area contributed by atoms with Gasteiger partial charge in [-0.05, 0) is 57.0 Å². The second-order valence-electron chi connectivity index (χ2n) is 7.85. The molecule has 2 aliphatic heterocycles. The monoisotopic (exact) mass is 391 g/mol. The molecule has 3 aromatic rings. The summed E-state index contributed by atoms with van der Waals surface area (Å²) in [5, 5.41) is 6.62. The van der Waals surface area contributed by atoms with Crippen LogP contribution >= 0.6 is 0 Å². The van der Waals surface area contributed by atoms with Crippen LogP contribution in [0.5, 0.6) is 0 Å². The topological polar surface area (TPSA) is 81.1 Å². The lowest BCUT2D eigenvalue weighted by molar-refractivity contribution is -0.114. The minimum absolute atomic E-state index is 0.0309. The molecule has 2 aromatic heterocycles. The third-order valence-corrected chi connectivity index (χ3v) is 6.10. The Morgan fingerprint density at radius 2 is 2.03 bits per heavy atom. The molecule has 0 aliphatic carbocycles. The van der Waals surface area contributed by atoms with Gasteiger partial charge in [-0.15, -0.1) is 0 Å². The molecule has 0 bridgehead atoms. The molecule has 29 heavy (non-hydrogen) atoms. The standard InChI is InChI=1S/C22H25N5O2/c28-21(26-19-7-4-12-29-22(19)8-10-23-11-9-22)16-13-18-20(24-14-16)27(15-25-18)17-5-2-1-3-6-17/h1-3,5-6,13-15,19,23H,4,7-12H2,(H,26,28). The SMILES string of the molecule is O=C(NC1CCCOC12CCNCC2)c1cnc2c(c1)ncn2-c1ccccc1. The molecule has 7 heteroatoms. The summed E-state index contributed by atoms with van der Waals surface area (Å²) in [4.78, 5) is 22.0. The number of aromatic nitrogens is 3. The maximum atomic E-state index is 13.0. The second-order valence-corrected chi connectivity index (χ2v) is 7.85. The lowest BCUT2D eigenvalue weighted by atomic mass is 9.80. The number of nitrogens with zero attached hydrogens (tertiary/aromatic N) is 3. The number of nitrogens with one attached hydrogen (secondary N) is 2. The Balaban J connectivity index is 1.38. The van der Waals surface area contributed by atoms with Crippen LogP contribution in [0.15, 0.2) is 48.9 Å². The molecule has 5 rings (SSSR count). The number of hydrogen-bond donors (Lipinski definition) is 2. The molecular formula is C22H25N5O2. The van der Waals surface area contributed by atoms with Crippen molar-refractivity contribution in [2.75, 3.05) is 19.7 Å². The summed E-state index contributed by atoms with van der Waals surface area (Å²) in [6.07, 6.45) is 7.15. The van der Waals surface area contributed by atoms with E-state index >= 15 is 0 Å². The van der Waals surface area contributed by atoms with Crippen LogP contribution in [0, 0.1) is 0 Å². The Morgan fingerprint density at radius 3 is 2.86 bits per heavy atom. The molecule has 1 amide bonds. The highest BCUT2D eigenvalue weighted by atomic mass is 16.5. The van der Waals surface area contributed by atoms with Gasteiger partial charge in [-0.1, -0.05) is 18.2 Å². The van der Waals surface area contributed by atoms with E-state index in [-0.39, 0.29) is 17.6 Å². The van der Waals surface area contributed by atoms with Crippen LogP contribution in [0.3, 0.4) is 0 Å². The van der Waals surface area contributed by atoms with Crippen molar-refractivity contribution in [1.82, 2.24) is 25.2 Å². The van der Waals surface area contributed by atoms with Crippen LogP contribution in [0.25, 0.3) is 16.9 Å². The van der Waals surface area contributed by atoms with Gasteiger partial charge < -0.3 is 15.4 Å². The van der Waals surface area contributed by atoms with E-state index in [1.54, 1.807) is 12.5 Å². The molecule has 1 aromatic carbocycles. The van der Waals surface area contributed by atoms with Gasteiger partial charge >= 0.3 is 0 Å².